The van der Waals surface area contributed by atoms with Crippen LogP contribution in [0, 0.1) is 0 Å². The number of benzene rings is 1. The van der Waals surface area contributed by atoms with E-state index in [0.717, 1.165) is 5.56 Å². The van der Waals surface area contributed by atoms with Crippen molar-refractivity contribution in [1.29, 1.82) is 0 Å². The molecule has 0 aliphatic carbocycles. The highest BCUT2D eigenvalue weighted by molar-refractivity contribution is 9.10. The maximum Gasteiger partial charge on any atom is 0.573 e. The first kappa shape index (κ1) is 14.1. The predicted molar refractivity (Wildman–Crippen MR) is 63.8 cm³/mol. The minimum absolute atomic E-state index is 0.241. The lowest BCUT2D eigenvalue weighted by Crippen LogP contribution is -2.17. The Kier molecular flexibility index (Phi) is 5.02. The van der Waals surface area contributed by atoms with Crippen LogP contribution >= 0.6 is 15.9 Å². The van der Waals surface area contributed by atoms with Crippen molar-refractivity contribution in [2.24, 2.45) is 0 Å². The molecule has 94 valence electrons. The van der Waals surface area contributed by atoms with E-state index in [1.54, 1.807) is 19.2 Å². The number of rotatable bonds is 4. The molecule has 0 saturated heterocycles. The van der Waals surface area contributed by atoms with Crippen LogP contribution in [0.25, 0.3) is 6.08 Å². The molecule has 2 nitrogen and oxygen atoms in total. The topological polar surface area (TPSA) is 21.3 Å². The van der Waals surface area contributed by atoms with E-state index >= 15 is 0 Å². The molecule has 0 heterocycles. The van der Waals surface area contributed by atoms with Crippen LogP contribution in [0.2, 0.25) is 0 Å². The summed E-state index contributed by atoms with van der Waals surface area (Å²) >= 11 is 3.19. The van der Waals surface area contributed by atoms with Crippen LogP contribution in [-0.2, 0) is 0 Å². The van der Waals surface area contributed by atoms with Gasteiger partial charge in [0, 0.05) is 11.0 Å². The maximum absolute atomic E-state index is 12.0. The fourth-order valence-electron chi connectivity index (χ4n) is 1.14. The van der Waals surface area contributed by atoms with Crippen LogP contribution in [0.5, 0.6) is 5.75 Å². The summed E-state index contributed by atoms with van der Waals surface area (Å²) in [4.78, 5) is 0. The Morgan fingerprint density at radius 3 is 2.65 bits per heavy atom. The van der Waals surface area contributed by atoms with E-state index < -0.39 is 6.36 Å². The van der Waals surface area contributed by atoms with Gasteiger partial charge in [0.2, 0.25) is 0 Å². The number of likely N-dealkylation sites (N-methyl/N-ethyl adjacent to an activating group) is 1. The van der Waals surface area contributed by atoms with Crippen molar-refractivity contribution in [2.45, 2.75) is 6.36 Å². The molecule has 1 N–H and O–H groups in total. The standard InChI is InChI=1S/C11H11BrF3NO/c1-16-6-2-3-8-4-5-9(7-10(8)12)17-11(13,14)15/h2-5,7,16H,6H2,1H3. The van der Waals surface area contributed by atoms with Crippen molar-refractivity contribution in [3.05, 3.63) is 34.3 Å². The minimum atomic E-state index is -4.66. The molecule has 6 heteroatoms. The van der Waals surface area contributed by atoms with Crippen LogP contribution in [-0.4, -0.2) is 20.0 Å². The normalized spacial score (nSPS) is 12.1. The van der Waals surface area contributed by atoms with Crippen LogP contribution in [0.3, 0.4) is 0 Å². The summed E-state index contributed by atoms with van der Waals surface area (Å²) in [6.07, 6.45) is -0.995. The molecule has 0 bridgehead atoms. The van der Waals surface area contributed by atoms with Crippen molar-refractivity contribution in [3.63, 3.8) is 0 Å². The fraction of sp³-hybridized carbons (Fsp3) is 0.273. The highest BCUT2D eigenvalue weighted by Crippen LogP contribution is 2.28. The first-order valence-corrected chi connectivity index (χ1v) is 5.58. The Balaban J connectivity index is 2.79. The fourth-order valence-corrected chi connectivity index (χ4v) is 1.63. The summed E-state index contributed by atoms with van der Waals surface area (Å²) in [6, 6.07) is 4.11. The second-order valence-electron chi connectivity index (χ2n) is 3.19. The van der Waals surface area contributed by atoms with Crippen molar-refractivity contribution in [3.8, 4) is 5.75 Å². The molecular formula is C11H11BrF3NO. The zero-order chi connectivity index (χ0) is 12.9. The molecular weight excluding hydrogens is 299 g/mol. The van der Waals surface area contributed by atoms with Gasteiger partial charge in [-0.1, -0.05) is 34.1 Å². The van der Waals surface area contributed by atoms with Gasteiger partial charge in [-0.25, -0.2) is 0 Å². The second kappa shape index (κ2) is 6.07. The second-order valence-corrected chi connectivity index (χ2v) is 4.05. The van der Waals surface area contributed by atoms with Gasteiger partial charge in [-0.3, -0.25) is 0 Å². The SMILES string of the molecule is CNCC=Cc1ccc(OC(F)(F)F)cc1Br. The monoisotopic (exact) mass is 309 g/mol. The molecule has 1 rings (SSSR count). The van der Waals surface area contributed by atoms with E-state index in [4.69, 9.17) is 0 Å². The molecule has 0 amide bonds. The number of alkyl halides is 3. The van der Waals surface area contributed by atoms with Gasteiger partial charge in [-0.15, -0.1) is 13.2 Å². The Morgan fingerprint density at radius 1 is 1.41 bits per heavy atom. The van der Waals surface area contributed by atoms with Gasteiger partial charge in [-0.05, 0) is 24.7 Å². The molecule has 17 heavy (non-hydrogen) atoms. The molecule has 0 aromatic heterocycles. The molecule has 0 spiro atoms. The van der Waals surface area contributed by atoms with Gasteiger partial charge in [0.1, 0.15) is 5.75 Å². The third-order valence-corrected chi connectivity index (χ3v) is 2.51. The first-order chi connectivity index (χ1) is 7.92. The van der Waals surface area contributed by atoms with Crippen molar-refractivity contribution >= 4 is 22.0 Å². The summed E-state index contributed by atoms with van der Waals surface area (Å²) in [5.74, 6) is -0.241. The molecule has 0 fully saturated rings. The molecule has 0 saturated carbocycles. The average Bonchev–Trinajstić information content (AvgIpc) is 2.19. The van der Waals surface area contributed by atoms with Crippen molar-refractivity contribution in [1.82, 2.24) is 5.32 Å². The van der Waals surface area contributed by atoms with Crippen LogP contribution < -0.4 is 10.1 Å². The maximum atomic E-state index is 12.0. The number of ether oxygens (including phenoxy) is 1. The average molecular weight is 310 g/mol. The Morgan fingerprint density at radius 2 is 2.12 bits per heavy atom. The van der Waals surface area contributed by atoms with Crippen LogP contribution in [0.15, 0.2) is 28.7 Å². The van der Waals surface area contributed by atoms with Crippen molar-refractivity contribution in [2.75, 3.05) is 13.6 Å². The Labute approximate surface area is 106 Å². The zero-order valence-electron chi connectivity index (χ0n) is 9.01. The van der Waals surface area contributed by atoms with Gasteiger partial charge in [-0.2, -0.15) is 0 Å². The molecule has 0 atom stereocenters. The van der Waals surface area contributed by atoms with E-state index in [1.165, 1.54) is 12.1 Å². The van der Waals surface area contributed by atoms with Gasteiger partial charge in [0.15, 0.2) is 0 Å². The van der Waals surface area contributed by atoms with Gasteiger partial charge in [0.25, 0.3) is 0 Å². The van der Waals surface area contributed by atoms with Gasteiger partial charge >= 0.3 is 6.36 Å². The molecule has 1 aromatic rings. The van der Waals surface area contributed by atoms with E-state index in [0.29, 0.717) is 11.0 Å². The number of hydrogen-bond donors (Lipinski definition) is 1. The van der Waals surface area contributed by atoms with E-state index in [-0.39, 0.29) is 5.75 Å². The summed E-state index contributed by atoms with van der Waals surface area (Å²) in [7, 11) is 1.81. The van der Waals surface area contributed by atoms with Crippen molar-refractivity contribution < 1.29 is 17.9 Å². The van der Waals surface area contributed by atoms with Crippen LogP contribution in [0.4, 0.5) is 13.2 Å². The number of nitrogens with one attached hydrogen (secondary N) is 1. The smallest absolute Gasteiger partial charge is 0.406 e. The van der Waals surface area contributed by atoms with Crippen LogP contribution in [0.1, 0.15) is 5.56 Å². The zero-order valence-corrected chi connectivity index (χ0v) is 10.6. The third-order valence-electron chi connectivity index (χ3n) is 1.82. The van der Waals surface area contributed by atoms with E-state index in [2.05, 4.69) is 26.0 Å². The number of halogens is 4. The summed E-state index contributed by atoms with van der Waals surface area (Å²) in [5.41, 5.74) is 0.787. The number of hydrogen-bond acceptors (Lipinski definition) is 2. The van der Waals surface area contributed by atoms with E-state index in [1.807, 2.05) is 6.08 Å². The molecule has 0 aliphatic heterocycles. The van der Waals surface area contributed by atoms with Gasteiger partial charge < -0.3 is 10.1 Å². The third kappa shape index (κ3) is 5.23. The minimum Gasteiger partial charge on any atom is -0.406 e. The lowest BCUT2D eigenvalue weighted by atomic mass is 10.2. The van der Waals surface area contributed by atoms with Gasteiger partial charge in [0.05, 0.1) is 0 Å². The largest absolute Gasteiger partial charge is 0.573 e. The molecule has 0 radical (unpaired) electrons. The Bertz CT molecular complexity index is 404. The first-order valence-electron chi connectivity index (χ1n) is 4.79. The lowest BCUT2D eigenvalue weighted by molar-refractivity contribution is -0.274. The quantitative estimate of drug-likeness (QED) is 0.918. The molecule has 0 unspecified atom stereocenters. The summed E-state index contributed by atoms with van der Waals surface area (Å²) in [5, 5.41) is 2.92. The molecule has 1 aromatic carbocycles. The summed E-state index contributed by atoms with van der Waals surface area (Å²) in [6.45, 7) is 0.688. The predicted octanol–water partition coefficient (Wildman–Crippen LogP) is 3.58. The lowest BCUT2D eigenvalue weighted by Gasteiger charge is -2.09. The Hall–Kier alpha value is -1.01. The molecule has 0 aliphatic rings. The summed E-state index contributed by atoms with van der Waals surface area (Å²) < 4.78 is 40.2. The highest BCUT2D eigenvalue weighted by Gasteiger charge is 2.31. The highest BCUT2D eigenvalue weighted by atomic mass is 79.9. The van der Waals surface area contributed by atoms with E-state index in [9.17, 15) is 13.2 Å².